The summed E-state index contributed by atoms with van der Waals surface area (Å²) in [6, 6.07) is -2.09. The van der Waals surface area contributed by atoms with E-state index >= 15 is 0 Å². The van der Waals surface area contributed by atoms with Crippen molar-refractivity contribution in [2.24, 2.45) is 11.6 Å². The maximum Gasteiger partial charge on any atom is 0.341 e. The molecule has 0 rings (SSSR count). The molecule has 0 aromatic heterocycles. The van der Waals surface area contributed by atoms with Gasteiger partial charge in [-0.3, -0.25) is 14.4 Å². The minimum Gasteiger partial charge on any atom is -0.481 e. The van der Waals surface area contributed by atoms with Crippen molar-refractivity contribution in [3.05, 3.63) is 0 Å². The topological polar surface area (TPSA) is 173 Å². The highest BCUT2D eigenvalue weighted by atomic mass is 16.7. The number of carbonyl (C=O) groups is 3. The Labute approximate surface area is 83.2 Å². The summed E-state index contributed by atoms with van der Waals surface area (Å²) in [4.78, 5) is 35.5. The molecule has 0 aliphatic carbocycles. The molecule has 0 saturated carbocycles. The highest BCUT2D eigenvalue weighted by Gasteiger charge is 2.51. The van der Waals surface area contributed by atoms with Gasteiger partial charge >= 0.3 is 17.9 Å². The third-order valence-electron chi connectivity index (χ3n) is 1.75. The van der Waals surface area contributed by atoms with Crippen LogP contribution >= 0.6 is 0 Å². The van der Waals surface area contributed by atoms with E-state index in [0.29, 0.717) is 0 Å². The van der Waals surface area contributed by atoms with Crippen molar-refractivity contribution in [3.8, 4) is 0 Å². The first-order chi connectivity index (χ1) is 6.77. The Bertz CT molecular complexity index is 291. The Morgan fingerprint density at radius 3 is 1.93 bits per heavy atom. The average molecular weight is 222 g/mol. The first-order valence-electron chi connectivity index (χ1n) is 3.59. The van der Waals surface area contributed by atoms with Crippen LogP contribution in [0, 0.1) is 0 Å². The quantitative estimate of drug-likeness (QED) is 0.306. The summed E-state index contributed by atoms with van der Waals surface area (Å²) in [6.07, 6.45) is -1.16. The largest absolute Gasteiger partial charge is 0.481 e. The molecule has 0 amide bonds. The van der Waals surface area contributed by atoms with E-state index in [4.69, 9.17) is 21.1 Å². The van der Waals surface area contributed by atoms with Crippen molar-refractivity contribution in [2.45, 2.75) is 18.1 Å². The lowest BCUT2D eigenvalue weighted by Gasteiger charge is -2.28. The maximum atomic E-state index is 10.7. The van der Waals surface area contributed by atoms with Crippen LogP contribution in [-0.2, 0) is 19.2 Å². The van der Waals surface area contributed by atoms with Gasteiger partial charge in [0.1, 0.15) is 6.04 Å². The molecule has 0 saturated heterocycles. The van der Waals surface area contributed by atoms with Gasteiger partial charge in [0.2, 0.25) is 5.60 Å². The van der Waals surface area contributed by atoms with Crippen LogP contribution in [0.5, 0.6) is 0 Å². The van der Waals surface area contributed by atoms with Gasteiger partial charge in [-0.2, -0.15) is 0 Å². The molecule has 0 aliphatic heterocycles. The van der Waals surface area contributed by atoms with E-state index in [2.05, 4.69) is 10.7 Å². The molecule has 0 fully saturated rings. The summed E-state index contributed by atoms with van der Waals surface area (Å²) in [5.41, 5.74) is 2.32. The van der Waals surface area contributed by atoms with Gasteiger partial charge < -0.3 is 21.1 Å². The minimum atomic E-state index is -2.68. The van der Waals surface area contributed by atoms with Crippen LogP contribution in [-0.4, -0.2) is 44.9 Å². The minimum absolute atomic E-state index is 1.16. The summed E-state index contributed by atoms with van der Waals surface area (Å²) in [5, 5.41) is 25.6. The Hall–Kier alpha value is -1.71. The Morgan fingerprint density at radius 1 is 1.27 bits per heavy atom. The fraction of sp³-hybridized carbons (Fsp3) is 0.500. The number of carboxylic acids is 3. The van der Waals surface area contributed by atoms with Gasteiger partial charge in [0.15, 0.2) is 0 Å². The lowest BCUT2D eigenvalue weighted by molar-refractivity contribution is -0.182. The summed E-state index contributed by atoms with van der Waals surface area (Å²) in [7, 11) is 0. The van der Waals surface area contributed by atoms with Crippen molar-refractivity contribution < 1.29 is 34.5 Å². The molecule has 0 radical (unpaired) electrons. The van der Waals surface area contributed by atoms with E-state index in [1.54, 1.807) is 0 Å². The molecule has 2 atom stereocenters. The monoisotopic (exact) mass is 222 g/mol. The second-order valence-corrected chi connectivity index (χ2v) is 2.70. The number of carboxylic acid groups (broad SMARTS) is 3. The van der Waals surface area contributed by atoms with Crippen LogP contribution in [0.1, 0.15) is 6.42 Å². The Kier molecular flexibility index (Phi) is 4.15. The molecule has 0 aliphatic rings. The molecule has 0 spiro atoms. The normalized spacial score (nSPS) is 16.4. The van der Waals surface area contributed by atoms with E-state index in [1.807, 2.05) is 0 Å². The van der Waals surface area contributed by atoms with Gasteiger partial charge in [-0.05, 0) is 0 Å². The SMILES string of the molecule is NOC(CC(=O)O)(C(=O)O)C(N)C(=O)O. The zero-order valence-electron chi connectivity index (χ0n) is 7.41. The summed E-state index contributed by atoms with van der Waals surface area (Å²) in [6.45, 7) is 0. The summed E-state index contributed by atoms with van der Waals surface area (Å²) < 4.78 is 0. The molecule has 86 valence electrons. The van der Waals surface area contributed by atoms with Crippen molar-refractivity contribution >= 4 is 17.9 Å². The van der Waals surface area contributed by atoms with E-state index < -0.39 is 36.0 Å². The number of hydrogen-bond acceptors (Lipinski definition) is 6. The van der Waals surface area contributed by atoms with Crippen LogP contribution in [0.15, 0.2) is 0 Å². The first kappa shape index (κ1) is 13.3. The van der Waals surface area contributed by atoms with E-state index in [0.717, 1.165) is 0 Å². The van der Waals surface area contributed by atoms with Crippen LogP contribution in [0.2, 0.25) is 0 Å². The molecule has 9 nitrogen and oxygen atoms in total. The van der Waals surface area contributed by atoms with Crippen molar-refractivity contribution in [1.29, 1.82) is 0 Å². The number of hydrogen-bond donors (Lipinski definition) is 5. The molecule has 0 bridgehead atoms. The predicted molar refractivity (Wildman–Crippen MR) is 43.5 cm³/mol. The van der Waals surface area contributed by atoms with Gasteiger partial charge in [-0.1, -0.05) is 0 Å². The zero-order chi connectivity index (χ0) is 12.2. The van der Waals surface area contributed by atoms with Crippen LogP contribution < -0.4 is 11.6 Å². The molecule has 0 aromatic carbocycles. The van der Waals surface area contributed by atoms with Crippen LogP contribution in [0.4, 0.5) is 0 Å². The van der Waals surface area contributed by atoms with E-state index in [-0.39, 0.29) is 0 Å². The standard InChI is InChI=1S/C6H10N2O7/c7-3(4(11)12)6(15-8,5(13)14)1-2(9)10/h3H,1,7-8H2,(H,9,10)(H,11,12)(H,13,14). The van der Waals surface area contributed by atoms with E-state index in [1.165, 1.54) is 0 Å². The highest BCUT2D eigenvalue weighted by Crippen LogP contribution is 2.19. The number of nitrogens with two attached hydrogens (primary N) is 2. The molecule has 0 aromatic rings. The zero-order valence-corrected chi connectivity index (χ0v) is 7.41. The van der Waals surface area contributed by atoms with E-state index in [9.17, 15) is 14.4 Å². The maximum absolute atomic E-state index is 10.7. The molecule has 15 heavy (non-hydrogen) atoms. The highest BCUT2D eigenvalue weighted by molar-refractivity contribution is 5.91. The Morgan fingerprint density at radius 2 is 1.73 bits per heavy atom. The molecular formula is C6H10N2O7. The van der Waals surface area contributed by atoms with Crippen LogP contribution in [0.25, 0.3) is 0 Å². The molecule has 0 heterocycles. The third kappa shape index (κ3) is 2.62. The van der Waals surface area contributed by atoms with Crippen molar-refractivity contribution in [3.63, 3.8) is 0 Å². The third-order valence-corrected chi connectivity index (χ3v) is 1.75. The van der Waals surface area contributed by atoms with Gasteiger partial charge in [-0.15, -0.1) is 0 Å². The lowest BCUT2D eigenvalue weighted by atomic mass is 9.91. The number of rotatable bonds is 6. The van der Waals surface area contributed by atoms with Gasteiger partial charge in [0, 0.05) is 0 Å². The average Bonchev–Trinajstić information content (AvgIpc) is 2.12. The fourth-order valence-corrected chi connectivity index (χ4v) is 0.908. The smallest absolute Gasteiger partial charge is 0.341 e. The van der Waals surface area contributed by atoms with Gasteiger partial charge in [0.05, 0.1) is 6.42 Å². The molecular weight excluding hydrogens is 212 g/mol. The molecule has 9 heteroatoms. The summed E-state index contributed by atoms with van der Waals surface area (Å²) in [5.74, 6) is -0.581. The van der Waals surface area contributed by atoms with Gasteiger partial charge in [-0.25, -0.2) is 10.7 Å². The van der Waals surface area contributed by atoms with Crippen molar-refractivity contribution in [2.75, 3.05) is 0 Å². The predicted octanol–water partition coefficient (Wildman–Crippen LogP) is -2.41. The van der Waals surface area contributed by atoms with Crippen LogP contribution in [0.3, 0.4) is 0 Å². The van der Waals surface area contributed by atoms with Gasteiger partial charge in [0.25, 0.3) is 0 Å². The van der Waals surface area contributed by atoms with Crippen molar-refractivity contribution in [1.82, 2.24) is 0 Å². The number of aliphatic carboxylic acids is 3. The molecule has 7 N–H and O–H groups in total. The lowest BCUT2D eigenvalue weighted by Crippen LogP contribution is -2.61. The second kappa shape index (κ2) is 4.68. The summed E-state index contributed by atoms with van der Waals surface area (Å²) >= 11 is 0. The second-order valence-electron chi connectivity index (χ2n) is 2.70. The first-order valence-corrected chi connectivity index (χ1v) is 3.59. The molecule has 2 unspecified atom stereocenters. The fourth-order valence-electron chi connectivity index (χ4n) is 0.908. The Balaban J connectivity index is 5.23.